The minimum atomic E-state index is 0.000661. The number of hydrogen-bond donors (Lipinski definition) is 1. The minimum Gasteiger partial charge on any atom is -0.350 e. The van der Waals surface area contributed by atoms with Crippen LogP contribution in [0.1, 0.15) is 23.2 Å². The average molecular weight is 310 g/mol. The molecule has 22 heavy (non-hydrogen) atoms. The number of aromatic nitrogens is 2. The van der Waals surface area contributed by atoms with Crippen molar-refractivity contribution in [2.75, 3.05) is 0 Å². The number of imidazole rings is 1. The first-order valence-corrected chi connectivity index (χ1v) is 7.79. The van der Waals surface area contributed by atoms with Crippen molar-refractivity contribution in [3.05, 3.63) is 58.9 Å². The SMILES string of the molecule is N#Cc1ccc(CCC(=O)NCc2cn3ccsc3n2)cc1. The van der Waals surface area contributed by atoms with Crippen LogP contribution in [0.15, 0.2) is 42.0 Å². The summed E-state index contributed by atoms with van der Waals surface area (Å²) in [6.45, 7) is 0.445. The molecule has 1 amide bonds. The van der Waals surface area contributed by atoms with Gasteiger partial charge in [-0.2, -0.15) is 5.26 Å². The lowest BCUT2D eigenvalue weighted by atomic mass is 10.1. The van der Waals surface area contributed by atoms with Crippen molar-refractivity contribution in [3.8, 4) is 6.07 Å². The van der Waals surface area contributed by atoms with Crippen LogP contribution in [0.5, 0.6) is 0 Å². The molecule has 0 unspecified atom stereocenters. The summed E-state index contributed by atoms with van der Waals surface area (Å²) in [5, 5.41) is 13.6. The van der Waals surface area contributed by atoms with E-state index in [1.807, 2.05) is 34.3 Å². The zero-order valence-electron chi connectivity index (χ0n) is 11.8. The van der Waals surface area contributed by atoms with Crippen LogP contribution in [0.3, 0.4) is 0 Å². The Morgan fingerprint density at radius 2 is 2.18 bits per heavy atom. The molecule has 1 aromatic carbocycles. The number of nitrogens with zero attached hydrogens (tertiary/aromatic N) is 3. The number of carbonyl (C=O) groups is 1. The second-order valence-corrected chi connectivity index (χ2v) is 5.78. The Morgan fingerprint density at radius 1 is 1.36 bits per heavy atom. The quantitative estimate of drug-likeness (QED) is 0.787. The monoisotopic (exact) mass is 310 g/mol. The zero-order chi connectivity index (χ0) is 15.4. The maximum atomic E-state index is 11.9. The predicted molar refractivity (Wildman–Crippen MR) is 84.4 cm³/mol. The number of benzene rings is 1. The highest BCUT2D eigenvalue weighted by Gasteiger charge is 2.06. The first-order chi connectivity index (χ1) is 10.7. The van der Waals surface area contributed by atoms with Crippen molar-refractivity contribution < 1.29 is 4.79 Å². The van der Waals surface area contributed by atoms with Gasteiger partial charge < -0.3 is 5.32 Å². The molecule has 0 aliphatic carbocycles. The number of thiazole rings is 1. The summed E-state index contributed by atoms with van der Waals surface area (Å²) < 4.78 is 1.95. The molecule has 0 saturated carbocycles. The highest BCUT2D eigenvalue weighted by atomic mass is 32.1. The maximum absolute atomic E-state index is 11.9. The summed E-state index contributed by atoms with van der Waals surface area (Å²) in [7, 11) is 0. The molecule has 0 bridgehead atoms. The van der Waals surface area contributed by atoms with E-state index in [2.05, 4.69) is 16.4 Å². The standard InChI is InChI=1S/C16H14N4OS/c17-9-13-3-1-12(2-4-13)5-6-15(21)18-10-14-11-20-7-8-22-16(20)19-14/h1-4,7-8,11H,5-6,10H2,(H,18,21). The van der Waals surface area contributed by atoms with E-state index in [4.69, 9.17) is 5.26 Å². The molecule has 1 N–H and O–H groups in total. The summed E-state index contributed by atoms with van der Waals surface area (Å²) in [6, 6.07) is 9.39. The molecule has 0 spiro atoms. The number of aryl methyl sites for hydroxylation is 1. The Balaban J connectivity index is 1.47. The van der Waals surface area contributed by atoms with Gasteiger partial charge in [-0.3, -0.25) is 9.20 Å². The molecule has 2 heterocycles. The Morgan fingerprint density at radius 3 is 2.91 bits per heavy atom. The molecule has 0 radical (unpaired) electrons. The normalized spacial score (nSPS) is 10.5. The van der Waals surface area contributed by atoms with Gasteiger partial charge in [-0.05, 0) is 24.1 Å². The molecule has 0 saturated heterocycles. The number of nitriles is 1. The molecule has 0 aliphatic heterocycles. The van der Waals surface area contributed by atoms with Gasteiger partial charge in [-0.25, -0.2) is 4.98 Å². The lowest BCUT2D eigenvalue weighted by Crippen LogP contribution is -2.23. The molecule has 6 heteroatoms. The van der Waals surface area contributed by atoms with Gasteiger partial charge in [-0.1, -0.05) is 12.1 Å². The van der Waals surface area contributed by atoms with Gasteiger partial charge >= 0.3 is 0 Å². The van der Waals surface area contributed by atoms with Crippen molar-refractivity contribution in [1.29, 1.82) is 5.26 Å². The average Bonchev–Trinajstić information content (AvgIpc) is 3.12. The van der Waals surface area contributed by atoms with Gasteiger partial charge in [0.05, 0.1) is 23.9 Å². The van der Waals surface area contributed by atoms with Crippen LogP contribution < -0.4 is 5.32 Å². The van der Waals surface area contributed by atoms with E-state index in [1.165, 1.54) is 0 Å². The molecular weight excluding hydrogens is 296 g/mol. The molecule has 3 rings (SSSR count). The number of hydrogen-bond acceptors (Lipinski definition) is 4. The molecule has 0 aliphatic rings. The van der Waals surface area contributed by atoms with Crippen LogP contribution in [0.4, 0.5) is 0 Å². The molecule has 0 atom stereocenters. The highest BCUT2D eigenvalue weighted by molar-refractivity contribution is 7.15. The van der Waals surface area contributed by atoms with Crippen molar-refractivity contribution in [1.82, 2.24) is 14.7 Å². The highest BCUT2D eigenvalue weighted by Crippen LogP contribution is 2.11. The molecule has 3 aromatic rings. The smallest absolute Gasteiger partial charge is 0.220 e. The summed E-state index contributed by atoms with van der Waals surface area (Å²) in [6.07, 6.45) is 4.96. The van der Waals surface area contributed by atoms with Gasteiger partial charge in [0.2, 0.25) is 5.91 Å². The van der Waals surface area contributed by atoms with E-state index in [1.54, 1.807) is 23.5 Å². The predicted octanol–water partition coefficient (Wildman–Crippen LogP) is 2.52. The lowest BCUT2D eigenvalue weighted by Gasteiger charge is -2.03. The Hall–Kier alpha value is -2.65. The van der Waals surface area contributed by atoms with Crippen molar-refractivity contribution in [2.45, 2.75) is 19.4 Å². The fraction of sp³-hybridized carbons (Fsp3) is 0.188. The fourth-order valence-electron chi connectivity index (χ4n) is 2.14. The van der Waals surface area contributed by atoms with E-state index in [0.29, 0.717) is 24.9 Å². The number of nitrogens with one attached hydrogen (secondary N) is 1. The first-order valence-electron chi connectivity index (χ1n) is 6.91. The van der Waals surface area contributed by atoms with E-state index in [0.717, 1.165) is 16.2 Å². The van der Waals surface area contributed by atoms with Gasteiger partial charge in [-0.15, -0.1) is 11.3 Å². The molecule has 110 valence electrons. The fourth-order valence-corrected chi connectivity index (χ4v) is 2.86. The van der Waals surface area contributed by atoms with E-state index >= 15 is 0 Å². The summed E-state index contributed by atoms with van der Waals surface area (Å²) in [4.78, 5) is 17.2. The van der Waals surface area contributed by atoms with Crippen LogP contribution in [0, 0.1) is 11.3 Å². The van der Waals surface area contributed by atoms with Crippen LogP contribution >= 0.6 is 11.3 Å². The molecular formula is C16H14N4OS. The number of rotatable bonds is 5. The number of amides is 1. The topological polar surface area (TPSA) is 70.2 Å². The second kappa shape index (κ2) is 6.41. The third kappa shape index (κ3) is 3.32. The summed E-state index contributed by atoms with van der Waals surface area (Å²) in [5.74, 6) is 0.000661. The largest absolute Gasteiger partial charge is 0.350 e. The van der Waals surface area contributed by atoms with Crippen LogP contribution in [-0.4, -0.2) is 15.3 Å². The van der Waals surface area contributed by atoms with Crippen molar-refractivity contribution >= 4 is 22.2 Å². The van der Waals surface area contributed by atoms with Crippen molar-refractivity contribution in [2.24, 2.45) is 0 Å². The molecule has 2 aromatic heterocycles. The Bertz CT molecular complexity index is 797. The second-order valence-electron chi connectivity index (χ2n) is 4.91. The Kier molecular flexibility index (Phi) is 4.17. The van der Waals surface area contributed by atoms with Crippen LogP contribution in [-0.2, 0) is 17.8 Å². The molecule has 5 nitrogen and oxygen atoms in total. The van der Waals surface area contributed by atoms with Crippen LogP contribution in [0.25, 0.3) is 4.96 Å². The number of carbonyl (C=O) groups excluding carboxylic acids is 1. The lowest BCUT2D eigenvalue weighted by molar-refractivity contribution is -0.121. The number of fused-ring (bicyclic) bond motifs is 1. The molecule has 0 fully saturated rings. The summed E-state index contributed by atoms with van der Waals surface area (Å²) in [5.41, 5.74) is 2.54. The third-order valence-corrected chi connectivity index (χ3v) is 4.10. The zero-order valence-corrected chi connectivity index (χ0v) is 12.6. The van der Waals surface area contributed by atoms with Gasteiger partial charge in [0.1, 0.15) is 0 Å². The maximum Gasteiger partial charge on any atom is 0.220 e. The van der Waals surface area contributed by atoms with E-state index in [9.17, 15) is 4.79 Å². The van der Waals surface area contributed by atoms with E-state index < -0.39 is 0 Å². The minimum absolute atomic E-state index is 0.000661. The Labute approximate surface area is 131 Å². The third-order valence-electron chi connectivity index (χ3n) is 3.33. The van der Waals surface area contributed by atoms with Gasteiger partial charge in [0.25, 0.3) is 0 Å². The first kappa shape index (κ1) is 14.3. The van der Waals surface area contributed by atoms with Crippen LogP contribution in [0.2, 0.25) is 0 Å². The van der Waals surface area contributed by atoms with Crippen molar-refractivity contribution in [3.63, 3.8) is 0 Å². The van der Waals surface area contributed by atoms with Gasteiger partial charge in [0, 0.05) is 24.2 Å². The van der Waals surface area contributed by atoms with Gasteiger partial charge in [0.15, 0.2) is 4.96 Å². The van der Waals surface area contributed by atoms with E-state index in [-0.39, 0.29) is 5.91 Å². The summed E-state index contributed by atoms with van der Waals surface area (Å²) >= 11 is 1.57.